The Morgan fingerprint density at radius 2 is 1.45 bits per heavy atom. The number of aromatic nitrogens is 1. The maximum absolute atomic E-state index is 13.7. The van der Waals surface area contributed by atoms with Crippen molar-refractivity contribution in [1.29, 1.82) is 0 Å². The molecule has 0 aliphatic rings. The van der Waals surface area contributed by atoms with Gasteiger partial charge in [-0.15, -0.1) is 0 Å². The van der Waals surface area contributed by atoms with E-state index in [2.05, 4.69) is 20.9 Å². The Kier molecular flexibility index (Phi) is 11.2. The number of carboxylic acids is 1. The minimum absolute atomic E-state index is 0.0369. The second kappa shape index (κ2) is 14.8. The molecular weight excluding hydrogens is 540 g/mol. The zero-order chi connectivity index (χ0) is 30.8. The summed E-state index contributed by atoms with van der Waals surface area (Å²) < 4.78 is 0. The molecule has 3 aromatic rings. The summed E-state index contributed by atoms with van der Waals surface area (Å²) in [5.41, 5.74) is 13.3. The summed E-state index contributed by atoms with van der Waals surface area (Å²) >= 11 is 0. The highest BCUT2D eigenvalue weighted by atomic mass is 16.4. The Hall–Kier alpha value is -4.71. The van der Waals surface area contributed by atoms with E-state index in [0.717, 1.165) is 22.0 Å². The third-order valence-corrected chi connectivity index (χ3v) is 7.18. The van der Waals surface area contributed by atoms with Gasteiger partial charge in [0.25, 0.3) is 0 Å². The first kappa shape index (κ1) is 31.8. The van der Waals surface area contributed by atoms with E-state index >= 15 is 0 Å². The van der Waals surface area contributed by atoms with Crippen LogP contribution in [-0.4, -0.2) is 63.9 Å². The second-order valence-corrected chi connectivity index (χ2v) is 10.4. The van der Waals surface area contributed by atoms with Crippen molar-refractivity contribution in [2.45, 2.75) is 63.7 Å². The maximum Gasteiger partial charge on any atom is 0.326 e. The van der Waals surface area contributed by atoms with Gasteiger partial charge in [-0.2, -0.15) is 0 Å². The molecule has 1 aromatic heterocycles. The number of nitrogens with two attached hydrogens (primary N) is 2. The molecule has 0 bridgehead atoms. The number of hydrogen-bond donors (Lipinski definition) is 7. The molecule has 3 rings (SSSR count). The van der Waals surface area contributed by atoms with Gasteiger partial charge < -0.3 is 37.5 Å². The van der Waals surface area contributed by atoms with Crippen LogP contribution in [0.5, 0.6) is 0 Å². The molecule has 224 valence electrons. The minimum atomic E-state index is -1.28. The van der Waals surface area contributed by atoms with E-state index in [0.29, 0.717) is 6.42 Å². The van der Waals surface area contributed by atoms with Crippen LogP contribution in [-0.2, 0) is 36.8 Å². The molecule has 12 heteroatoms. The molecule has 9 N–H and O–H groups in total. The van der Waals surface area contributed by atoms with Crippen LogP contribution in [0.1, 0.15) is 37.8 Å². The van der Waals surface area contributed by atoms with Gasteiger partial charge in [0, 0.05) is 29.9 Å². The van der Waals surface area contributed by atoms with E-state index < -0.39 is 60.2 Å². The van der Waals surface area contributed by atoms with Gasteiger partial charge in [-0.05, 0) is 23.1 Å². The topological polar surface area (TPSA) is 210 Å². The number of aromatic amines is 1. The standard InChI is InChI=1S/C30H38N6O6/c1-3-17(2)26(30(41)42)36-29(40)23(13-18-9-5-4-6-10-18)35-28(39)24(34-27(38)21(31)15-25(32)37)14-19-16-33-22-12-8-7-11-20(19)22/h4-12,16-17,21,23-24,26,33H,3,13-15,31H2,1-2H3,(H2,32,37)(H,34,38)(H,35,39)(H,36,40)(H,41,42). The molecule has 42 heavy (non-hydrogen) atoms. The van der Waals surface area contributed by atoms with Gasteiger partial charge in [0.05, 0.1) is 12.5 Å². The van der Waals surface area contributed by atoms with Crippen molar-refractivity contribution in [3.63, 3.8) is 0 Å². The number of aliphatic carboxylic acids is 1. The second-order valence-electron chi connectivity index (χ2n) is 10.4. The summed E-state index contributed by atoms with van der Waals surface area (Å²) in [4.78, 5) is 66.4. The molecule has 4 amide bonds. The van der Waals surface area contributed by atoms with Crippen LogP contribution in [0.2, 0.25) is 0 Å². The molecular formula is C30H38N6O6. The number of carbonyl (C=O) groups is 5. The maximum atomic E-state index is 13.7. The minimum Gasteiger partial charge on any atom is -0.480 e. The average Bonchev–Trinajstić information content (AvgIpc) is 3.37. The molecule has 5 atom stereocenters. The van der Waals surface area contributed by atoms with Crippen molar-refractivity contribution >= 4 is 40.5 Å². The van der Waals surface area contributed by atoms with Crippen molar-refractivity contribution in [3.05, 3.63) is 71.9 Å². The van der Waals surface area contributed by atoms with Crippen LogP contribution in [0.4, 0.5) is 0 Å². The molecule has 12 nitrogen and oxygen atoms in total. The fraction of sp³-hybridized carbons (Fsp3) is 0.367. The van der Waals surface area contributed by atoms with Crippen molar-refractivity contribution in [2.75, 3.05) is 0 Å². The molecule has 0 aliphatic heterocycles. The lowest BCUT2D eigenvalue weighted by Gasteiger charge is -2.26. The lowest BCUT2D eigenvalue weighted by Crippen LogP contribution is -2.58. The van der Waals surface area contributed by atoms with E-state index in [4.69, 9.17) is 11.5 Å². The first-order valence-corrected chi connectivity index (χ1v) is 13.8. The zero-order valence-electron chi connectivity index (χ0n) is 23.6. The summed E-state index contributed by atoms with van der Waals surface area (Å²) in [6.07, 6.45) is 1.92. The smallest absolute Gasteiger partial charge is 0.326 e. The number of benzene rings is 2. The SMILES string of the molecule is CCC(C)C(NC(=O)C(Cc1ccccc1)NC(=O)C(Cc1c[nH]c2ccccc12)NC(=O)C(N)CC(N)=O)C(=O)O. The highest BCUT2D eigenvalue weighted by Gasteiger charge is 2.32. The van der Waals surface area contributed by atoms with Crippen LogP contribution < -0.4 is 27.4 Å². The van der Waals surface area contributed by atoms with Crippen molar-refractivity contribution < 1.29 is 29.1 Å². The van der Waals surface area contributed by atoms with E-state index in [-0.39, 0.29) is 18.8 Å². The summed E-state index contributed by atoms with van der Waals surface area (Å²) in [6, 6.07) is 11.6. The Morgan fingerprint density at radius 3 is 2.10 bits per heavy atom. The van der Waals surface area contributed by atoms with Crippen molar-refractivity contribution in [3.8, 4) is 0 Å². The van der Waals surface area contributed by atoms with Crippen LogP contribution >= 0.6 is 0 Å². The Balaban J connectivity index is 1.90. The van der Waals surface area contributed by atoms with Crippen molar-refractivity contribution in [2.24, 2.45) is 17.4 Å². The largest absolute Gasteiger partial charge is 0.480 e. The lowest BCUT2D eigenvalue weighted by atomic mass is 9.97. The van der Waals surface area contributed by atoms with Crippen LogP contribution in [0.15, 0.2) is 60.8 Å². The molecule has 0 saturated carbocycles. The molecule has 0 radical (unpaired) electrons. The number of nitrogens with one attached hydrogen (secondary N) is 4. The molecule has 5 unspecified atom stereocenters. The predicted molar refractivity (Wildman–Crippen MR) is 157 cm³/mol. The number of amides is 4. The number of primary amides is 1. The highest BCUT2D eigenvalue weighted by molar-refractivity contribution is 5.96. The Labute approximate surface area is 243 Å². The number of carboxylic acid groups (broad SMARTS) is 1. The monoisotopic (exact) mass is 578 g/mol. The first-order valence-electron chi connectivity index (χ1n) is 13.8. The summed E-state index contributed by atoms with van der Waals surface area (Å²) in [7, 11) is 0. The number of carbonyl (C=O) groups excluding carboxylic acids is 4. The van der Waals surface area contributed by atoms with Gasteiger partial charge in [0.2, 0.25) is 23.6 Å². The molecule has 1 heterocycles. The summed E-state index contributed by atoms with van der Waals surface area (Å²) in [6.45, 7) is 3.53. The van der Waals surface area contributed by atoms with E-state index in [9.17, 15) is 29.1 Å². The summed E-state index contributed by atoms with van der Waals surface area (Å²) in [5.74, 6) is -4.45. The summed E-state index contributed by atoms with van der Waals surface area (Å²) in [5, 5.41) is 18.4. The molecule has 0 saturated heterocycles. The van der Waals surface area contributed by atoms with Gasteiger partial charge in [-0.1, -0.05) is 68.8 Å². The van der Waals surface area contributed by atoms with Crippen LogP contribution in [0.25, 0.3) is 10.9 Å². The number of fused-ring (bicyclic) bond motifs is 1. The number of rotatable bonds is 15. The number of para-hydroxylation sites is 1. The fourth-order valence-electron chi connectivity index (χ4n) is 4.59. The Bertz CT molecular complexity index is 1410. The lowest BCUT2D eigenvalue weighted by molar-refractivity contribution is -0.143. The predicted octanol–water partition coefficient (Wildman–Crippen LogP) is 0.741. The van der Waals surface area contributed by atoms with Crippen LogP contribution in [0, 0.1) is 5.92 Å². The van der Waals surface area contributed by atoms with Gasteiger partial charge in [-0.3, -0.25) is 19.2 Å². The third kappa shape index (κ3) is 8.64. The van der Waals surface area contributed by atoms with E-state index in [1.807, 2.05) is 37.3 Å². The molecule has 2 aromatic carbocycles. The third-order valence-electron chi connectivity index (χ3n) is 7.18. The van der Waals surface area contributed by atoms with Gasteiger partial charge >= 0.3 is 5.97 Å². The first-order chi connectivity index (χ1) is 20.0. The Morgan fingerprint density at radius 1 is 0.857 bits per heavy atom. The van der Waals surface area contributed by atoms with Gasteiger partial charge in [-0.25, -0.2) is 4.79 Å². The number of hydrogen-bond acceptors (Lipinski definition) is 6. The van der Waals surface area contributed by atoms with Crippen LogP contribution in [0.3, 0.4) is 0 Å². The zero-order valence-corrected chi connectivity index (χ0v) is 23.6. The molecule has 0 spiro atoms. The van der Waals surface area contributed by atoms with E-state index in [1.165, 1.54) is 0 Å². The molecule has 0 fully saturated rings. The highest BCUT2D eigenvalue weighted by Crippen LogP contribution is 2.19. The van der Waals surface area contributed by atoms with Crippen molar-refractivity contribution in [1.82, 2.24) is 20.9 Å². The number of H-pyrrole nitrogens is 1. The van der Waals surface area contributed by atoms with Gasteiger partial charge in [0.15, 0.2) is 0 Å². The average molecular weight is 579 g/mol. The van der Waals surface area contributed by atoms with Gasteiger partial charge in [0.1, 0.15) is 18.1 Å². The quantitative estimate of drug-likeness (QED) is 0.137. The normalized spacial score (nSPS) is 14.6. The fourth-order valence-corrected chi connectivity index (χ4v) is 4.59. The van der Waals surface area contributed by atoms with E-state index in [1.54, 1.807) is 37.4 Å². The molecule has 0 aliphatic carbocycles.